The molecule has 1 saturated carbocycles. The summed E-state index contributed by atoms with van der Waals surface area (Å²) < 4.78 is 32.9. The molecule has 1 amide bonds. The predicted molar refractivity (Wildman–Crippen MR) is 101 cm³/mol. The summed E-state index contributed by atoms with van der Waals surface area (Å²) in [6.45, 7) is 0.173. The number of nitrogens with zero attached hydrogens (tertiary/aromatic N) is 1. The standard InChI is InChI=1S/C19H23N3O4S/c23-19(21-13-16-7-3-4-12-20-16)14-26-17-8-10-18(11-9-17)27(24,25)22-15-5-1-2-6-15/h3-4,7-12,15,22H,1-2,5-6,13-14H2,(H,21,23). The van der Waals surface area contributed by atoms with E-state index in [4.69, 9.17) is 4.74 Å². The molecule has 1 aromatic carbocycles. The van der Waals surface area contributed by atoms with Gasteiger partial charge in [0.2, 0.25) is 10.0 Å². The van der Waals surface area contributed by atoms with Crippen LogP contribution < -0.4 is 14.8 Å². The van der Waals surface area contributed by atoms with Crippen molar-refractivity contribution in [3.05, 3.63) is 54.4 Å². The summed E-state index contributed by atoms with van der Waals surface area (Å²) in [5.74, 6) is 0.156. The Labute approximate surface area is 159 Å². The van der Waals surface area contributed by atoms with Gasteiger partial charge in [0.05, 0.1) is 17.1 Å². The van der Waals surface area contributed by atoms with Gasteiger partial charge >= 0.3 is 0 Å². The molecule has 0 aliphatic heterocycles. The van der Waals surface area contributed by atoms with E-state index in [-0.39, 0.29) is 23.5 Å². The lowest BCUT2D eigenvalue weighted by molar-refractivity contribution is -0.123. The third kappa shape index (κ3) is 5.77. The van der Waals surface area contributed by atoms with E-state index in [1.54, 1.807) is 18.3 Å². The summed E-state index contributed by atoms with van der Waals surface area (Å²) in [6.07, 6.45) is 5.54. The monoisotopic (exact) mass is 389 g/mol. The molecule has 1 fully saturated rings. The van der Waals surface area contributed by atoms with Crippen molar-refractivity contribution >= 4 is 15.9 Å². The molecule has 0 radical (unpaired) electrons. The number of nitrogens with one attached hydrogen (secondary N) is 2. The number of carbonyl (C=O) groups excluding carboxylic acids is 1. The van der Waals surface area contributed by atoms with E-state index in [0.29, 0.717) is 12.3 Å². The Bertz CT molecular complexity index is 848. The van der Waals surface area contributed by atoms with E-state index in [9.17, 15) is 13.2 Å². The highest BCUT2D eigenvalue weighted by molar-refractivity contribution is 7.89. The molecule has 2 aromatic rings. The third-order valence-electron chi connectivity index (χ3n) is 4.37. The average molecular weight is 389 g/mol. The van der Waals surface area contributed by atoms with Crippen LogP contribution in [-0.4, -0.2) is 32.0 Å². The topological polar surface area (TPSA) is 97.4 Å². The van der Waals surface area contributed by atoms with Crippen LogP contribution in [0.3, 0.4) is 0 Å². The van der Waals surface area contributed by atoms with E-state index in [1.807, 2.05) is 18.2 Å². The van der Waals surface area contributed by atoms with Gasteiger partial charge in [-0.25, -0.2) is 13.1 Å². The van der Waals surface area contributed by atoms with Crippen LogP contribution in [0.25, 0.3) is 0 Å². The first-order valence-electron chi connectivity index (χ1n) is 8.95. The average Bonchev–Trinajstić information content (AvgIpc) is 3.18. The van der Waals surface area contributed by atoms with Crippen LogP contribution in [0.2, 0.25) is 0 Å². The van der Waals surface area contributed by atoms with Gasteiger partial charge in [0, 0.05) is 12.2 Å². The van der Waals surface area contributed by atoms with Crippen LogP contribution in [0.15, 0.2) is 53.6 Å². The van der Waals surface area contributed by atoms with Crippen LogP contribution in [0.4, 0.5) is 0 Å². The second-order valence-corrected chi connectivity index (χ2v) is 8.17. The summed E-state index contributed by atoms with van der Waals surface area (Å²) in [5.41, 5.74) is 0.759. The minimum Gasteiger partial charge on any atom is -0.484 e. The van der Waals surface area contributed by atoms with Crippen molar-refractivity contribution in [2.45, 2.75) is 43.2 Å². The van der Waals surface area contributed by atoms with Gasteiger partial charge in [-0.3, -0.25) is 9.78 Å². The van der Waals surface area contributed by atoms with Crippen LogP contribution in [-0.2, 0) is 21.4 Å². The number of pyridine rings is 1. The van der Waals surface area contributed by atoms with Gasteiger partial charge in [-0.05, 0) is 49.2 Å². The molecule has 1 heterocycles. The molecular formula is C19H23N3O4S. The van der Waals surface area contributed by atoms with Crippen molar-refractivity contribution in [3.63, 3.8) is 0 Å². The number of ether oxygens (including phenoxy) is 1. The fraction of sp³-hybridized carbons (Fsp3) is 0.368. The van der Waals surface area contributed by atoms with Crippen molar-refractivity contribution in [2.24, 2.45) is 0 Å². The maximum absolute atomic E-state index is 12.4. The molecule has 0 atom stereocenters. The van der Waals surface area contributed by atoms with Crippen molar-refractivity contribution < 1.29 is 17.9 Å². The zero-order chi connectivity index (χ0) is 19.1. The number of sulfonamides is 1. The van der Waals surface area contributed by atoms with Gasteiger partial charge in [-0.1, -0.05) is 18.9 Å². The van der Waals surface area contributed by atoms with Gasteiger partial charge in [0.15, 0.2) is 6.61 Å². The quantitative estimate of drug-likeness (QED) is 0.720. The molecule has 2 N–H and O–H groups in total. The first kappa shape index (κ1) is 19.3. The van der Waals surface area contributed by atoms with E-state index in [2.05, 4.69) is 15.0 Å². The van der Waals surface area contributed by atoms with Crippen LogP contribution in [0.1, 0.15) is 31.4 Å². The van der Waals surface area contributed by atoms with Crippen LogP contribution >= 0.6 is 0 Å². The number of carbonyl (C=O) groups is 1. The fourth-order valence-corrected chi connectivity index (χ4v) is 4.24. The second-order valence-electron chi connectivity index (χ2n) is 6.46. The maximum Gasteiger partial charge on any atom is 0.258 e. The Hall–Kier alpha value is -2.45. The third-order valence-corrected chi connectivity index (χ3v) is 5.91. The molecule has 3 rings (SSSR count). The molecule has 0 spiro atoms. The molecule has 0 saturated heterocycles. The molecule has 7 nitrogen and oxygen atoms in total. The number of benzene rings is 1. The minimum absolute atomic E-state index is 0.0220. The lowest BCUT2D eigenvalue weighted by atomic mass is 10.3. The van der Waals surface area contributed by atoms with Gasteiger partial charge in [0.25, 0.3) is 5.91 Å². The lowest BCUT2D eigenvalue weighted by Gasteiger charge is -2.13. The summed E-state index contributed by atoms with van der Waals surface area (Å²) in [7, 11) is -3.52. The number of rotatable bonds is 8. The van der Waals surface area contributed by atoms with Gasteiger partial charge in [-0.15, -0.1) is 0 Å². The molecule has 8 heteroatoms. The highest BCUT2D eigenvalue weighted by Crippen LogP contribution is 2.21. The maximum atomic E-state index is 12.4. The number of amides is 1. The van der Waals surface area contributed by atoms with Gasteiger partial charge < -0.3 is 10.1 Å². The molecule has 1 aliphatic rings. The molecule has 27 heavy (non-hydrogen) atoms. The predicted octanol–water partition coefficient (Wildman–Crippen LogP) is 2.00. The first-order valence-corrected chi connectivity index (χ1v) is 10.4. The second kappa shape index (κ2) is 8.96. The Balaban J connectivity index is 1.47. The molecular weight excluding hydrogens is 366 g/mol. The summed E-state index contributed by atoms with van der Waals surface area (Å²) in [5, 5.41) is 2.71. The van der Waals surface area contributed by atoms with E-state index < -0.39 is 10.0 Å². The Morgan fingerprint density at radius 2 is 1.85 bits per heavy atom. The molecule has 0 unspecified atom stereocenters. The van der Waals surface area contributed by atoms with Crippen molar-refractivity contribution in [3.8, 4) is 5.75 Å². The van der Waals surface area contributed by atoms with Crippen molar-refractivity contribution in [1.82, 2.24) is 15.0 Å². The number of hydrogen-bond acceptors (Lipinski definition) is 5. The highest BCUT2D eigenvalue weighted by Gasteiger charge is 2.22. The first-order chi connectivity index (χ1) is 13.0. The Morgan fingerprint density at radius 3 is 2.52 bits per heavy atom. The SMILES string of the molecule is O=C(COc1ccc(S(=O)(=O)NC2CCCC2)cc1)NCc1ccccn1. The molecule has 1 aromatic heterocycles. The van der Waals surface area contributed by atoms with E-state index >= 15 is 0 Å². The van der Waals surface area contributed by atoms with E-state index in [1.165, 1.54) is 12.1 Å². The Kier molecular flexibility index (Phi) is 6.41. The van der Waals surface area contributed by atoms with Crippen molar-refractivity contribution in [1.29, 1.82) is 0 Å². The summed E-state index contributed by atoms with van der Waals surface area (Å²) >= 11 is 0. The fourth-order valence-electron chi connectivity index (χ4n) is 2.94. The summed E-state index contributed by atoms with van der Waals surface area (Å²) in [4.78, 5) is 16.2. The lowest BCUT2D eigenvalue weighted by Crippen LogP contribution is -2.32. The Morgan fingerprint density at radius 1 is 1.11 bits per heavy atom. The largest absolute Gasteiger partial charge is 0.484 e. The van der Waals surface area contributed by atoms with Gasteiger partial charge in [0.1, 0.15) is 5.75 Å². The van der Waals surface area contributed by atoms with Crippen molar-refractivity contribution in [2.75, 3.05) is 6.61 Å². The van der Waals surface area contributed by atoms with Crippen LogP contribution in [0, 0.1) is 0 Å². The molecule has 0 bridgehead atoms. The molecule has 1 aliphatic carbocycles. The smallest absolute Gasteiger partial charge is 0.258 e. The number of aromatic nitrogens is 1. The van der Waals surface area contributed by atoms with Crippen LogP contribution in [0.5, 0.6) is 5.75 Å². The van der Waals surface area contributed by atoms with Gasteiger partial charge in [-0.2, -0.15) is 0 Å². The minimum atomic E-state index is -3.52. The normalized spacial score (nSPS) is 14.8. The summed E-state index contributed by atoms with van der Waals surface area (Å²) in [6, 6.07) is 11.6. The number of hydrogen-bond donors (Lipinski definition) is 2. The molecule has 144 valence electrons. The highest BCUT2D eigenvalue weighted by atomic mass is 32.2. The zero-order valence-electron chi connectivity index (χ0n) is 14.9. The van der Waals surface area contributed by atoms with E-state index in [0.717, 1.165) is 31.4 Å². The zero-order valence-corrected chi connectivity index (χ0v) is 15.7.